The van der Waals surface area contributed by atoms with Gasteiger partial charge < -0.3 is 14.7 Å². The predicted molar refractivity (Wildman–Crippen MR) is 173 cm³/mol. The molecule has 0 saturated carbocycles. The Labute approximate surface area is 258 Å². The number of aromatic hydroxyl groups is 1. The quantitative estimate of drug-likeness (QED) is 0.168. The van der Waals surface area contributed by atoms with Gasteiger partial charge in [-0.05, 0) is 77.6 Å². The monoisotopic (exact) mass is 587 g/mol. The van der Waals surface area contributed by atoms with Crippen LogP contribution in [0.15, 0.2) is 78.9 Å². The molecule has 4 rings (SSSR count). The van der Waals surface area contributed by atoms with E-state index in [4.69, 9.17) is 9.57 Å². The third-order valence-corrected chi connectivity index (χ3v) is 7.88. The molecule has 232 valence electrons. The first kappa shape index (κ1) is 33.9. The zero-order chi connectivity index (χ0) is 31.3. The average Bonchev–Trinajstić information content (AvgIpc) is 2.99. The summed E-state index contributed by atoms with van der Waals surface area (Å²) in [7, 11) is 0. The number of hydrogen-bond acceptors (Lipinski definition) is 6. The smallest absolute Gasteiger partial charge is 0.357 e. The van der Waals surface area contributed by atoms with E-state index in [-0.39, 0.29) is 28.6 Å². The van der Waals surface area contributed by atoms with Crippen molar-refractivity contribution >= 4 is 11.8 Å². The number of phenols is 1. The van der Waals surface area contributed by atoms with Crippen molar-refractivity contribution < 1.29 is 24.3 Å². The Morgan fingerprint density at radius 1 is 0.767 bits per heavy atom. The van der Waals surface area contributed by atoms with Crippen LogP contribution in [0, 0.1) is 0 Å². The second-order valence-corrected chi connectivity index (χ2v) is 12.5. The summed E-state index contributed by atoms with van der Waals surface area (Å²) < 4.78 is 5.66. The Balaban J connectivity index is 0.000000242. The summed E-state index contributed by atoms with van der Waals surface area (Å²) in [6.07, 6.45) is 10.5. The van der Waals surface area contributed by atoms with Gasteiger partial charge in [-0.3, -0.25) is 4.79 Å². The number of ketones is 1. The molecular formula is C37H49NO5. The molecule has 0 amide bonds. The van der Waals surface area contributed by atoms with Crippen LogP contribution in [0.5, 0.6) is 11.5 Å². The van der Waals surface area contributed by atoms with Crippen LogP contribution >= 0.6 is 0 Å². The summed E-state index contributed by atoms with van der Waals surface area (Å²) in [5.74, 6) is 0.106. The highest BCUT2D eigenvalue weighted by Crippen LogP contribution is 2.38. The Hall–Kier alpha value is -3.64. The first-order chi connectivity index (χ1) is 20.5. The highest BCUT2D eigenvalue weighted by Gasteiger charge is 2.44. The van der Waals surface area contributed by atoms with E-state index in [2.05, 4.69) is 34.6 Å². The fourth-order valence-electron chi connectivity index (χ4n) is 5.54. The molecule has 0 spiro atoms. The van der Waals surface area contributed by atoms with Crippen molar-refractivity contribution in [2.45, 2.75) is 103 Å². The molecule has 6 heteroatoms. The lowest BCUT2D eigenvalue weighted by molar-refractivity contribution is -0.240. The van der Waals surface area contributed by atoms with E-state index < -0.39 is 0 Å². The number of benzene rings is 3. The van der Waals surface area contributed by atoms with Crippen molar-refractivity contribution in [2.75, 3.05) is 6.61 Å². The van der Waals surface area contributed by atoms with Crippen LogP contribution in [0.3, 0.4) is 0 Å². The minimum atomic E-state index is -0.274. The molecular weight excluding hydrogens is 538 g/mol. The molecule has 1 aliphatic heterocycles. The van der Waals surface area contributed by atoms with Gasteiger partial charge in [0.05, 0.1) is 28.8 Å². The number of carbonyl (C=O) groups is 2. The fourth-order valence-corrected chi connectivity index (χ4v) is 5.54. The lowest BCUT2D eigenvalue weighted by Crippen LogP contribution is -2.58. The average molecular weight is 588 g/mol. The molecule has 1 heterocycles. The summed E-state index contributed by atoms with van der Waals surface area (Å²) in [6, 6.07) is 23.0. The lowest BCUT2D eigenvalue weighted by Gasteiger charge is -2.50. The maximum absolute atomic E-state index is 12.4. The van der Waals surface area contributed by atoms with Gasteiger partial charge in [0.1, 0.15) is 11.5 Å². The number of phenolic OH excluding ortho intramolecular Hbond substituents is 1. The van der Waals surface area contributed by atoms with Crippen LogP contribution in [0.1, 0.15) is 119 Å². The third-order valence-electron chi connectivity index (χ3n) is 7.88. The van der Waals surface area contributed by atoms with E-state index in [0.29, 0.717) is 29.0 Å². The van der Waals surface area contributed by atoms with Gasteiger partial charge in [0.2, 0.25) is 0 Å². The van der Waals surface area contributed by atoms with Crippen molar-refractivity contribution in [1.82, 2.24) is 5.06 Å². The first-order valence-corrected chi connectivity index (χ1v) is 15.7. The van der Waals surface area contributed by atoms with E-state index in [9.17, 15) is 14.7 Å². The third kappa shape index (κ3) is 10.2. The predicted octanol–water partition coefficient (Wildman–Crippen LogP) is 9.16. The minimum absolute atomic E-state index is 0.0377. The maximum Gasteiger partial charge on any atom is 0.357 e. The number of piperidine rings is 1. The minimum Gasteiger partial charge on any atom is -0.507 e. The van der Waals surface area contributed by atoms with Crippen LogP contribution in [-0.4, -0.2) is 39.6 Å². The number of rotatable bonds is 12. The second-order valence-electron chi connectivity index (χ2n) is 12.5. The van der Waals surface area contributed by atoms with E-state index >= 15 is 0 Å². The highest BCUT2D eigenvalue weighted by atomic mass is 16.7. The van der Waals surface area contributed by atoms with Gasteiger partial charge in [0, 0.05) is 11.6 Å². The van der Waals surface area contributed by atoms with E-state index in [0.717, 1.165) is 25.7 Å². The normalized spacial score (nSPS) is 15.6. The van der Waals surface area contributed by atoms with E-state index in [1.165, 1.54) is 38.2 Å². The summed E-state index contributed by atoms with van der Waals surface area (Å²) in [6.45, 7) is 11.4. The maximum atomic E-state index is 12.4. The molecule has 0 radical (unpaired) electrons. The highest BCUT2D eigenvalue weighted by molar-refractivity contribution is 6.10. The van der Waals surface area contributed by atoms with Crippen LogP contribution in [0.4, 0.5) is 0 Å². The van der Waals surface area contributed by atoms with Gasteiger partial charge in [-0.2, -0.15) is 0 Å². The molecule has 0 atom stereocenters. The van der Waals surface area contributed by atoms with Gasteiger partial charge in [0.15, 0.2) is 5.78 Å². The van der Waals surface area contributed by atoms with Gasteiger partial charge >= 0.3 is 5.97 Å². The standard InChI is InChI=1S/C21H26O3.C16H23NO2/c1-2-3-4-5-6-10-15-24-18-13-14-19(20(22)16-18)21(23)17-11-8-7-9-12-17;1-15(2)11-8-12-16(3,4)17(15)19-14(18)13-9-6-5-7-10-13/h7-9,11-14,16,22H,2-6,10,15H2,1H3;5-7,9-10H,8,11-12H2,1-4H3. The SMILES string of the molecule is CC1(C)CCCC(C)(C)N1OC(=O)c1ccccc1.CCCCCCCCOc1ccc(C(=O)c2ccccc2)c(O)c1. The van der Waals surface area contributed by atoms with Gasteiger partial charge in [-0.15, -0.1) is 5.06 Å². The van der Waals surface area contributed by atoms with Crippen LogP contribution in [0.25, 0.3) is 0 Å². The lowest BCUT2D eigenvalue weighted by atomic mass is 9.82. The van der Waals surface area contributed by atoms with Gasteiger partial charge in [0.25, 0.3) is 0 Å². The molecule has 3 aromatic carbocycles. The summed E-state index contributed by atoms with van der Waals surface area (Å²) in [5.41, 5.74) is 1.22. The zero-order valence-electron chi connectivity index (χ0n) is 26.6. The van der Waals surface area contributed by atoms with E-state index in [1.807, 2.05) is 41.5 Å². The Morgan fingerprint density at radius 2 is 1.33 bits per heavy atom. The van der Waals surface area contributed by atoms with Gasteiger partial charge in [-0.25, -0.2) is 4.79 Å². The molecule has 1 fully saturated rings. The number of ether oxygens (including phenoxy) is 1. The summed E-state index contributed by atoms with van der Waals surface area (Å²) in [4.78, 5) is 30.3. The van der Waals surface area contributed by atoms with Crippen LogP contribution in [0.2, 0.25) is 0 Å². The molecule has 0 aliphatic carbocycles. The Kier molecular flexibility index (Phi) is 12.8. The molecule has 0 aromatic heterocycles. The summed E-state index contributed by atoms with van der Waals surface area (Å²) in [5, 5.41) is 12.0. The van der Waals surface area contributed by atoms with Crippen molar-refractivity contribution in [3.05, 3.63) is 95.6 Å². The Morgan fingerprint density at radius 3 is 1.91 bits per heavy atom. The largest absolute Gasteiger partial charge is 0.507 e. The van der Waals surface area contributed by atoms with Crippen molar-refractivity contribution in [3.8, 4) is 11.5 Å². The van der Waals surface area contributed by atoms with Gasteiger partial charge in [-0.1, -0.05) is 87.6 Å². The number of hydrogen-bond donors (Lipinski definition) is 1. The fraction of sp³-hybridized carbons (Fsp3) is 0.459. The zero-order valence-corrected chi connectivity index (χ0v) is 26.6. The molecule has 3 aromatic rings. The van der Waals surface area contributed by atoms with E-state index in [1.54, 1.807) is 36.4 Å². The first-order valence-electron chi connectivity index (χ1n) is 15.7. The molecule has 6 nitrogen and oxygen atoms in total. The van der Waals surface area contributed by atoms with Crippen molar-refractivity contribution in [2.24, 2.45) is 0 Å². The molecule has 0 unspecified atom stereocenters. The molecule has 0 bridgehead atoms. The van der Waals surface area contributed by atoms with Crippen LogP contribution in [-0.2, 0) is 4.84 Å². The molecule has 43 heavy (non-hydrogen) atoms. The number of unbranched alkanes of at least 4 members (excludes halogenated alkanes) is 5. The number of carbonyl (C=O) groups excluding carboxylic acids is 2. The topological polar surface area (TPSA) is 76.1 Å². The molecule has 1 saturated heterocycles. The molecule has 1 aliphatic rings. The number of hydroxylamine groups is 2. The Bertz CT molecular complexity index is 1270. The molecule has 1 N–H and O–H groups in total. The van der Waals surface area contributed by atoms with Crippen molar-refractivity contribution in [3.63, 3.8) is 0 Å². The second kappa shape index (κ2) is 16.3. The summed E-state index contributed by atoms with van der Waals surface area (Å²) >= 11 is 0. The van der Waals surface area contributed by atoms with Crippen LogP contribution < -0.4 is 4.74 Å². The number of nitrogens with zero attached hydrogens (tertiary/aromatic N) is 1. The van der Waals surface area contributed by atoms with Crippen molar-refractivity contribution in [1.29, 1.82) is 0 Å².